The van der Waals surface area contributed by atoms with Gasteiger partial charge in [-0.1, -0.05) is 54.6 Å². The standard InChI is InChI=1S/C26H21N3O4/c27-12-18-10-19-20(11-23(28-19)33-22-14-32-25-21(30)13-31-26(22)25)29-24(18)17-8-6-16(7-9-17)15-4-2-1-3-5-15/h1-11,21-22,25-26,28,30H,13-14H2/t21-,22-,25-,26-/m1/s1. The van der Waals surface area contributed by atoms with E-state index >= 15 is 0 Å². The number of aliphatic hydroxyl groups is 1. The summed E-state index contributed by atoms with van der Waals surface area (Å²) in [5, 5.41) is 19.7. The quantitative estimate of drug-likeness (QED) is 0.503. The van der Waals surface area contributed by atoms with Crippen molar-refractivity contribution >= 4 is 11.0 Å². The Kier molecular flexibility index (Phi) is 4.84. The Morgan fingerprint density at radius 1 is 0.939 bits per heavy atom. The smallest absolute Gasteiger partial charge is 0.193 e. The Labute approximate surface area is 190 Å². The second kappa shape index (κ2) is 8.01. The first-order valence-corrected chi connectivity index (χ1v) is 10.9. The Balaban J connectivity index is 1.29. The van der Waals surface area contributed by atoms with E-state index in [1.54, 1.807) is 6.07 Å². The van der Waals surface area contributed by atoms with Crippen molar-refractivity contribution in [2.45, 2.75) is 24.4 Å². The first-order chi connectivity index (χ1) is 16.2. The van der Waals surface area contributed by atoms with Crippen LogP contribution in [-0.4, -0.2) is 52.7 Å². The van der Waals surface area contributed by atoms with Gasteiger partial charge in [0.05, 0.1) is 35.5 Å². The third kappa shape index (κ3) is 3.55. The van der Waals surface area contributed by atoms with Gasteiger partial charge in [-0.3, -0.25) is 0 Å². The summed E-state index contributed by atoms with van der Waals surface area (Å²) in [7, 11) is 0. The number of nitriles is 1. The number of hydrogen-bond acceptors (Lipinski definition) is 6. The number of fused-ring (bicyclic) bond motifs is 2. The number of pyridine rings is 1. The normalized spacial score (nSPS) is 24.0. The van der Waals surface area contributed by atoms with Gasteiger partial charge in [0.1, 0.15) is 24.4 Å². The highest BCUT2D eigenvalue weighted by atomic mass is 16.6. The molecule has 2 aromatic carbocycles. The van der Waals surface area contributed by atoms with E-state index in [4.69, 9.17) is 19.2 Å². The zero-order chi connectivity index (χ0) is 22.4. The molecule has 2 saturated heterocycles. The van der Waals surface area contributed by atoms with Crippen LogP contribution in [0.25, 0.3) is 33.4 Å². The largest absolute Gasteiger partial charge is 0.470 e. The maximum Gasteiger partial charge on any atom is 0.193 e. The summed E-state index contributed by atoms with van der Waals surface area (Å²) in [6.45, 7) is 0.596. The van der Waals surface area contributed by atoms with Crippen LogP contribution in [0.4, 0.5) is 0 Å². The first kappa shape index (κ1) is 19.9. The molecule has 2 aliphatic rings. The van der Waals surface area contributed by atoms with Gasteiger partial charge in [-0.05, 0) is 17.2 Å². The molecule has 4 atom stereocenters. The molecule has 0 unspecified atom stereocenters. The molecule has 2 aromatic heterocycles. The Bertz CT molecular complexity index is 1340. The number of hydrogen-bond donors (Lipinski definition) is 2. The number of aromatic nitrogens is 2. The van der Waals surface area contributed by atoms with Crippen molar-refractivity contribution in [1.82, 2.24) is 9.97 Å². The van der Waals surface area contributed by atoms with Gasteiger partial charge in [0.15, 0.2) is 12.0 Å². The van der Waals surface area contributed by atoms with E-state index < -0.39 is 6.10 Å². The number of aliphatic hydroxyl groups excluding tert-OH is 1. The van der Waals surface area contributed by atoms with E-state index in [1.165, 1.54) is 0 Å². The molecule has 2 fully saturated rings. The summed E-state index contributed by atoms with van der Waals surface area (Å²) in [4.78, 5) is 7.94. The van der Waals surface area contributed by atoms with E-state index in [0.717, 1.165) is 16.7 Å². The number of benzene rings is 2. The van der Waals surface area contributed by atoms with Crippen LogP contribution >= 0.6 is 0 Å². The molecule has 0 aliphatic carbocycles. The highest BCUT2D eigenvalue weighted by molar-refractivity contribution is 5.84. The molecule has 4 aromatic rings. The van der Waals surface area contributed by atoms with Gasteiger partial charge < -0.3 is 24.3 Å². The summed E-state index contributed by atoms with van der Waals surface area (Å²) < 4.78 is 17.3. The van der Waals surface area contributed by atoms with Gasteiger partial charge in [0.25, 0.3) is 0 Å². The summed E-state index contributed by atoms with van der Waals surface area (Å²) >= 11 is 0. The fourth-order valence-corrected chi connectivity index (χ4v) is 4.56. The van der Waals surface area contributed by atoms with Crippen molar-refractivity contribution < 1.29 is 19.3 Å². The van der Waals surface area contributed by atoms with E-state index in [0.29, 0.717) is 34.8 Å². The third-order valence-electron chi connectivity index (χ3n) is 6.22. The van der Waals surface area contributed by atoms with Crippen LogP contribution in [-0.2, 0) is 9.47 Å². The number of H-pyrrole nitrogens is 1. The lowest BCUT2D eigenvalue weighted by Crippen LogP contribution is -2.34. The molecule has 4 heterocycles. The molecule has 7 nitrogen and oxygen atoms in total. The molecule has 6 rings (SSSR count). The minimum atomic E-state index is -0.623. The SMILES string of the molecule is N#Cc1cc2[nH]c(O[C@@H]3CO[C@H]4[C@@H]3OC[C@H]4O)cc2nc1-c1ccc(-c2ccccc2)cc1. The molecule has 0 saturated carbocycles. The summed E-state index contributed by atoms with van der Waals surface area (Å²) in [5.74, 6) is 0.525. The Hall–Kier alpha value is -3.70. The van der Waals surface area contributed by atoms with Gasteiger partial charge >= 0.3 is 0 Å². The van der Waals surface area contributed by atoms with Crippen molar-refractivity contribution in [1.29, 1.82) is 5.26 Å². The number of ether oxygens (including phenoxy) is 3. The number of rotatable bonds is 4. The average molecular weight is 439 g/mol. The van der Waals surface area contributed by atoms with Gasteiger partial charge in [-0.2, -0.15) is 5.26 Å². The Morgan fingerprint density at radius 3 is 2.45 bits per heavy atom. The van der Waals surface area contributed by atoms with E-state index in [2.05, 4.69) is 23.2 Å². The molecular formula is C26H21N3O4. The minimum absolute atomic E-state index is 0.251. The van der Waals surface area contributed by atoms with Crippen molar-refractivity contribution in [3.05, 3.63) is 72.3 Å². The lowest BCUT2D eigenvalue weighted by molar-refractivity contribution is 0.00794. The number of aromatic amines is 1. The zero-order valence-corrected chi connectivity index (χ0v) is 17.6. The fraction of sp³-hybridized carbons (Fsp3) is 0.231. The lowest BCUT2D eigenvalue weighted by atomic mass is 10.0. The van der Waals surface area contributed by atoms with Gasteiger partial charge in [-0.25, -0.2) is 4.98 Å². The summed E-state index contributed by atoms with van der Waals surface area (Å²) in [5.41, 5.74) is 5.64. The number of nitrogens with one attached hydrogen (secondary N) is 1. The van der Waals surface area contributed by atoms with Gasteiger partial charge in [-0.15, -0.1) is 0 Å². The fourth-order valence-electron chi connectivity index (χ4n) is 4.56. The van der Waals surface area contributed by atoms with Crippen LogP contribution in [0.3, 0.4) is 0 Å². The van der Waals surface area contributed by atoms with Gasteiger partial charge in [0, 0.05) is 11.6 Å². The molecule has 164 valence electrons. The summed E-state index contributed by atoms with van der Waals surface area (Å²) in [6, 6.07) is 24.1. The van der Waals surface area contributed by atoms with Crippen molar-refractivity contribution in [3.63, 3.8) is 0 Å². The van der Waals surface area contributed by atoms with Crippen LogP contribution in [0.15, 0.2) is 66.7 Å². The lowest BCUT2D eigenvalue weighted by Gasteiger charge is -2.16. The predicted molar refractivity (Wildman–Crippen MR) is 122 cm³/mol. The molecule has 0 amide bonds. The highest BCUT2D eigenvalue weighted by Gasteiger charge is 2.48. The average Bonchev–Trinajstić information content (AvgIpc) is 3.55. The molecule has 33 heavy (non-hydrogen) atoms. The summed E-state index contributed by atoms with van der Waals surface area (Å²) in [6.07, 6.45) is -1.59. The molecule has 0 spiro atoms. The maximum absolute atomic E-state index is 9.92. The highest BCUT2D eigenvalue weighted by Crippen LogP contribution is 2.32. The van der Waals surface area contributed by atoms with Crippen LogP contribution in [0, 0.1) is 11.3 Å². The zero-order valence-electron chi connectivity index (χ0n) is 17.6. The first-order valence-electron chi connectivity index (χ1n) is 10.9. The molecule has 7 heteroatoms. The Morgan fingerprint density at radius 2 is 1.67 bits per heavy atom. The monoisotopic (exact) mass is 439 g/mol. The number of nitrogens with zero attached hydrogens (tertiary/aromatic N) is 2. The van der Waals surface area contributed by atoms with Crippen molar-refractivity contribution in [3.8, 4) is 34.3 Å². The van der Waals surface area contributed by atoms with E-state index in [-0.39, 0.29) is 24.9 Å². The second-order valence-corrected chi connectivity index (χ2v) is 8.33. The van der Waals surface area contributed by atoms with Crippen molar-refractivity contribution in [2.24, 2.45) is 0 Å². The van der Waals surface area contributed by atoms with Crippen LogP contribution in [0.5, 0.6) is 5.88 Å². The predicted octanol–water partition coefficient (Wildman–Crippen LogP) is 3.67. The minimum Gasteiger partial charge on any atom is -0.470 e. The van der Waals surface area contributed by atoms with E-state index in [9.17, 15) is 10.4 Å². The maximum atomic E-state index is 9.92. The second-order valence-electron chi connectivity index (χ2n) is 8.33. The molecule has 0 radical (unpaired) electrons. The molecule has 2 N–H and O–H groups in total. The van der Waals surface area contributed by atoms with Crippen LogP contribution < -0.4 is 4.74 Å². The van der Waals surface area contributed by atoms with Crippen LogP contribution in [0.1, 0.15) is 5.56 Å². The molecule has 2 aliphatic heterocycles. The third-order valence-corrected chi connectivity index (χ3v) is 6.22. The molecular weight excluding hydrogens is 418 g/mol. The van der Waals surface area contributed by atoms with Crippen molar-refractivity contribution in [2.75, 3.05) is 13.2 Å². The van der Waals surface area contributed by atoms with E-state index in [1.807, 2.05) is 48.5 Å². The van der Waals surface area contributed by atoms with Crippen LogP contribution in [0.2, 0.25) is 0 Å². The van der Waals surface area contributed by atoms with Gasteiger partial charge in [0.2, 0.25) is 0 Å². The molecule has 0 bridgehead atoms. The topological polar surface area (TPSA) is 100 Å².